The third kappa shape index (κ3) is 6.24. The van der Waals surface area contributed by atoms with Gasteiger partial charge in [-0.1, -0.05) is 6.07 Å². The summed E-state index contributed by atoms with van der Waals surface area (Å²) in [5.74, 6) is -1.05. The van der Waals surface area contributed by atoms with Gasteiger partial charge in [0, 0.05) is 19.3 Å². The van der Waals surface area contributed by atoms with Crippen LogP contribution in [0, 0.1) is 11.6 Å². The number of hydrogen-bond donors (Lipinski definition) is 0. The van der Waals surface area contributed by atoms with Crippen molar-refractivity contribution in [1.29, 1.82) is 0 Å². The molecule has 3 nitrogen and oxygen atoms in total. The van der Waals surface area contributed by atoms with Crippen LogP contribution in [-0.2, 0) is 20.3 Å². The van der Waals surface area contributed by atoms with Gasteiger partial charge in [-0.05, 0) is 37.9 Å². The van der Waals surface area contributed by atoms with E-state index in [1.165, 1.54) is 12.1 Å². The Morgan fingerprint density at radius 2 is 1.84 bits per heavy atom. The molecule has 0 spiro atoms. The first kappa shape index (κ1) is 16.2. The molecule has 0 radical (unpaired) electrons. The molecule has 19 heavy (non-hydrogen) atoms. The number of benzene rings is 1. The summed E-state index contributed by atoms with van der Waals surface area (Å²) >= 11 is 0. The van der Waals surface area contributed by atoms with Gasteiger partial charge in [0.05, 0.1) is 0 Å². The van der Waals surface area contributed by atoms with Gasteiger partial charge in [0.25, 0.3) is 6.48 Å². The topological polar surface area (TPSA) is 27.7 Å². The summed E-state index contributed by atoms with van der Waals surface area (Å²) in [6.07, 6.45) is 0.545. The average Bonchev–Trinajstić information content (AvgIpc) is 2.37. The van der Waals surface area contributed by atoms with Gasteiger partial charge >= 0.3 is 0 Å². The van der Waals surface area contributed by atoms with Crippen LogP contribution in [0.1, 0.15) is 19.4 Å². The van der Waals surface area contributed by atoms with Crippen molar-refractivity contribution < 1.29 is 22.7 Å². The Bertz CT molecular complexity index is 371. The fraction of sp³-hybridized carbons (Fsp3) is 0.538. The molecule has 0 aliphatic heterocycles. The van der Waals surface area contributed by atoms with E-state index in [2.05, 4.69) is 0 Å². The van der Waals surface area contributed by atoms with Gasteiger partial charge in [-0.3, -0.25) is 0 Å². The summed E-state index contributed by atoms with van der Waals surface area (Å²) < 4.78 is 42.1. The highest BCUT2D eigenvalue weighted by Gasteiger charge is 2.08. The van der Waals surface area contributed by atoms with E-state index < -0.39 is 27.9 Å². The average molecular weight is 290 g/mol. The molecule has 0 atom stereocenters. The molecular weight excluding hydrogens is 270 g/mol. The number of ether oxygens (including phenoxy) is 2. The monoisotopic (exact) mass is 290 g/mol. The second-order valence-electron chi connectivity index (χ2n) is 3.91. The summed E-state index contributed by atoms with van der Waals surface area (Å²) in [5.41, 5.74) is 0.516. The first-order valence-corrected chi connectivity index (χ1v) is 8.03. The number of rotatable bonds is 9. The highest BCUT2D eigenvalue weighted by Crippen LogP contribution is 2.12. The van der Waals surface area contributed by atoms with Crippen molar-refractivity contribution in [2.75, 3.05) is 13.2 Å². The molecule has 1 aromatic carbocycles. The lowest BCUT2D eigenvalue weighted by Crippen LogP contribution is -2.23. The molecule has 6 heteroatoms. The van der Waals surface area contributed by atoms with Crippen LogP contribution in [0.4, 0.5) is 8.78 Å². The molecule has 0 aromatic heterocycles. The predicted molar refractivity (Wildman–Crippen MR) is 71.5 cm³/mol. The quantitative estimate of drug-likeness (QED) is 0.397. The molecule has 0 fully saturated rings. The van der Waals surface area contributed by atoms with Crippen LogP contribution >= 0.6 is 0 Å². The number of aryl methyl sites for hydroxylation is 1. The summed E-state index contributed by atoms with van der Waals surface area (Å²) in [6.45, 7) is 4.16. The second-order valence-corrected chi connectivity index (χ2v) is 5.36. The lowest BCUT2D eigenvalue weighted by molar-refractivity contribution is -0.243. The van der Waals surface area contributed by atoms with Crippen LogP contribution in [0.3, 0.4) is 0 Å². The maximum Gasteiger partial charge on any atom is 0.261 e. The number of hydrogen-bond acceptors (Lipinski definition) is 3. The van der Waals surface area contributed by atoms with E-state index >= 15 is 0 Å². The first-order chi connectivity index (χ1) is 9.17. The van der Waals surface area contributed by atoms with Gasteiger partial charge in [-0.25, -0.2) is 8.78 Å². The van der Waals surface area contributed by atoms with Crippen LogP contribution in [0.15, 0.2) is 18.2 Å². The van der Waals surface area contributed by atoms with E-state index in [1.807, 2.05) is 13.8 Å². The maximum atomic E-state index is 13.4. The van der Waals surface area contributed by atoms with Crippen LogP contribution in [0.25, 0.3) is 0 Å². The van der Waals surface area contributed by atoms with Crippen LogP contribution < -0.4 is 0 Å². The van der Waals surface area contributed by atoms with E-state index in [-0.39, 0.29) is 0 Å². The van der Waals surface area contributed by atoms with Gasteiger partial charge in [0.1, 0.15) is 11.6 Å². The van der Waals surface area contributed by atoms with Crippen molar-refractivity contribution in [3.63, 3.8) is 0 Å². The summed E-state index contributed by atoms with van der Waals surface area (Å²) in [7, 11) is -0.857. The molecule has 0 bridgehead atoms. The minimum atomic E-state index is -0.857. The fourth-order valence-electron chi connectivity index (χ4n) is 1.58. The zero-order chi connectivity index (χ0) is 14.1. The highest BCUT2D eigenvalue weighted by atomic mass is 28.2. The van der Waals surface area contributed by atoms with Crippen molar-refractivity contribution in [3.05, 3.63) is 35.4 Å². The normalized spacial score (nSPS) is 11.8. The Kier molecular flexibility index (Phi) is 7.81. The number of halogens is 2. The molecule has 0 N–H and O–H groups in total. The van der Waals surface area contributed by atoms with Gasteiger partial charge < -0.3 is 13.9 Å². The lowest BCUT2D eigenvalue weighted by atomic mass is 10.1. The molecule has 0 heterocycles. The van der Waals surface area contributed by atoms with Crippen molar-refractivity contribution in [1.82, 2.24) is 0 Å². The standard InChI is InChI=1S/C13H20F2O3Si/c1-3-16-13(17-4-2)18-19-8-7-10-5-6-11(14)9-12(10)15/h5-6,9,13H,3-4,7-8,19H2,1-2H3. The van der Waals surface area contributed by atoms with E-state index in [9.17, 15) is 8.78 Å². The molecule has 0 amide bonds. The van der Waals surface area contributed by atoms with Crippen molar-refractivity contribution in [3.8, 4) is 0 Å². The molecule has 0 aliphatic rings. The van der Waals surface area contributed by atoms with E-state index in [0.29, 0.717) is 25.2 Å². The molecule has 0 saturated heterocycles. The van der Waals surface area contributed by atoms with E-state index in [4.69, 9.17) is 13.9 Å². The van der Waals surface area contributed by atoms with Gasteiger partial charge in [-0.2, -0.15) is 0 Å². The Morgan fingerprint density at radius 1 is 1.16 bits per heavy atom. The second kappa shape index (κ2) is 9.14. The summed E-state index contributed by atoms with van der Waals surface area (Å²) in [6, 6.07) is 4.39. The van der Waals surface area contributed by atoms with Gasteiger partial charge in [-0.15, -0.1) is 0 Å². The Labute approximate surface area is 114 Å². The Balaban J connectivity index is 2.29. The third-order valence-electron chi connectivity index (χ3n) is 2.46. The van der Waals surface area contributed by atoms with E-state index in [0.717, 1.165) is 12.1 Å². The Hall–Kier alpha value is -0.823. The lowest BCUT2D eigenvalue weighted by Gasteiger charge is -2.17. The zero-order valence-electron chi connectivity index (χ0n) is 11.3. The molecular formula is C13H20F2O3Si. The van der Waals surface area contributed by atoms with E-state index in [1.54, 1.807) is 0 Å². The molecule has 0 unspecified atom stereocenters. The van der Waals surface area contributed by atoms with Gasteiger partial charge in [0.2, 0.25) is 0 Å². The minimum Gasteiger partial charge on any atom is -0.379 e. The first-order valence-electron chi connectivity index (χ1n) is 6.46. The molecule has 0 aliphatic carbocycles. The third-order valence-corrected chi connectivity index (χ3v) is 3.62. The smallest absolute Gasteiger partial charge is 0.261 e. The fourth-order valence-corrected chi connectivity index (χ4v) is 2.66. The summed E-state index contributed by atoms with van der Waals surface area (Å²) in [5, 5.41) is 0. The molecule has 1 rings (SSSR count). The van der Waals surface area contributed by atoms with Gasteiger partial charge in [0.15, 0.2) is 9.76 Å². The molecule has 0 saturated carbocycles. The van der Waals surface area contributed by atoms with Crippen LogP contribution in [0.2, 0.25) is 6.04 Å². The van der Waals surface area contributed by atoms with Crippen molar-refractivity contribution >= 4 is 9.76 Å². The van der Waals surface area contributed by atoms with Crippen LogP contribution in [-0.4, -0.2) is 29.5 Å². The largest absolute Gasteiger partial charge is 0.379 e. The molecule has 108 valence electrons. The zero-order valence-corrected chi connectivity index (χ0v) is 12.7. The predicted octanol–water partition coefficient (Wildman–Crippen LogP) is 2.38. The highest BCUT2D eigenvalue weighted by molar-refractivity contribution is 6.27. The minimum absolute atomic E-state index is 0.500. The SMILES string of the molecule is CCOC(OCC)O[SiH2]CCc1ccc(F)cc1F. The van der Waals surface area contributed by atoms with Crippen molar-refractivity contribution in [2.24, 2.45) is 0 Å². The van der Waals surface area contributed by atoms with Crippen molar-refractivity contribution in [2.45, 2.75) is 32.8 Å². The van der Waals surface area contributed by atoms with Crippen LogP contribution in [0.5, 0.6) is 0 Å². The Morgan fingerprint density at radius 3 is 2.42 bits per heavy atom. The summed E-state index contributed by atoms with van der Waals surface area (Å²) in [4.78, 5) is 0. The maximum absolute atomic E-state index is 13.4. The molecule has 1 aromatic rings.